The molecular formula is C28H35N5O3S. The third-order valence-electron chi connectivity index (χ3n) is 6.62. The van der Waals surface area contributed by atoms with E-state index in [1.165, 1.54) is 23.8 Å². The molecule has 0 spiro atoms. The van der Waals surface area contributed by atoms with Crippen LogP contribution in [0.5, 0.6) is 0 Å². The van der Waals surface area contributed by atoms with E-state index in [9.17, 15) is 13.2 Å². The Bertz CT molecular complexity index is 1400. The molecule has 0 saturated carbocycles. The summed E-state index contributed by atoms with van der Waals surface area (Å²) in [6.45, 7) is 11.4. The van der Waals surface area contributed by atoms with Crippen LogP contribution in [0.3, 0.4) is 0 Å². The van der Waals surface area contributed by atoms with Crippen molar-refractivity contribution in [3.63, 3.8) is 0 Å². The quantitative estimate of drug-likeness (QED) is 0.464. The molecule has 3 N–H and O–H groups in total. The Kier molecular flexibility index (Phi) is 7.28. The van der Waals surface area contributed by atoms with Crippen LogP contribution in [0.2, 0.25) is 0 Å². The summed E-state index contributed by atoms with van der Waals surface area (Å²) >= 11 is 0. The maximum absolute atomic E-state index is 13.5. The molecule has 1 aromatic carbocycles. The van der Waals surface area contributed by atoms with Gasteiger partial charge in [0.2, 0.25) is 0 Å². The third-order valence-corrected chi connectivity index (χ3v) is 7.85. The molecule has 0 aliphatic carbocycles. The Balaban J connectivity index is 1.75. The van der Waals surface area contributed by atoms with E-state index in [-0.39, 0.29) is 21.9 Å². The van der Waals surface area contributed by atoms with E-state index >= 15 is 0 Å². The fourth-order valence-corrected chi connectivity index (χ4v) is 6.01. The molecule has 4 rings (SSSR count). The molecule has 1 atom stereocenters. The fourth-order valence-electron chi connectivity index (χ4n) is 5.07. The Morgan fingerprint density at radius 2 is 1.86 bits per heavy atom. The van der Waals surface area contributed by atoms with Gasteiger partial charge in [-0.2, -0.15) is 8.42 Å². The normalized spacial score (nSPS) is 17.2. The van der Waals surface area contributed by atoms with Crippen LogP contribution >= 0.6 is 0 Å². The molecule has 196 valence electrons. The second-order valence-electron chi connectivity index (χ2n) is 11.0. The molecule has 0 radical (unpaired) electrons. The van der Waals surface area contributed by atoms with E-state index in [0.29, 0.717) is 24.2 Å². The number of anilines is 2. The van der Waals surface area contributed by atoms with Gasteiger partial charge in [0.15, 0.2) is 5.03 Å². The van der Waals surface area contributed by atoms with Gasteiger partial charge in [-0.25, -0.2) is 14.7 Å². The summed E-state index contributed by atoms with van der Waals surface area (Å²) in [5.41, 5.74) is 8.48. The predicted octanol–water partition coefficient (Wildman–Crippen LogP) is 4.67. The van der Waals surface area contributed by atoms with Crippen molar-refractivity contribution in [2.24, 2.45) is 11.8 Å². The molecule has 3 heterocycles. The van der Waals surface area contributed by atoms with Gasteiger partial charge in [-0.05, 0) is 67.9 Å². The molecule has 1 aliphatic heterocycles. The Morgan fingerprint density at radius 1 is 1.16 bits per heavy atom. The van der Waals surface area contributed by atoms with Gasteiger partial charge in [0.25, 0.3) is 15.9 Å². The van der Waals surface area contributed by atoms with Crippen molar-refractivity contribution in [2.45, 2.75) is 58.0 Å². The van der Waals surface area contributed by atoms with Gasteiger partial charge >= 0.3 is 0 Å². The first-order chi connectivity index (χ1) is 17.4. The first-order valence-corrected chi connectivity index (χ1v) is 14.0. The number of nitrogen functional groups attached to an aromatic ring is 1. The zero-order valence-electron chi connectivity index (χ0n) is 22.0. The van der Waals surface area contributed by atoms with Crippen LogP contribution in [0.4, 0.5) is 11.6 Å². The van der Waals surface area contributed by atoms with E-state index in [2.05, 4.69) is 61.4 Å². The number of hydrogen-bond acceptors (Lipinski definition) is 7. The summed E-state index contributed by atoms with van der Waals surface area (Å²) in [6, 6.07) is 14.1. The molecule has 37 heavy (non-hydrogen) atoms. The molecule has 1 saturated heterocycles. The maximum Gasteiger partial charge on any atom is 0.281 e. The van der Waals surface area contributed by atoms with Crippen LogP contribution in [-0.2, 0) is 16.4 Å². The lowest BCUT2D eigenvalue weighted by Gasteiger charge is -2.33. The molecule has 2 aromatic heterocycles. The molecule has 0 bridgehead atoms. The number of aromatic nitrogens is 2. The molecule has 1 amide bonds. The zero-order valence-corrected chi connectivity index (χ0v) is 22.8. The molecular weight excluding hydrogens is 486 g/mol. The van der Waals surface area contributed by atoms with Crippen molar-refractivity contribution in [3.8, 4) is 11.1 Å². The summed E-state index contributed by atoms with van der Waals surface area (Å²) in [5, 5.41) is -0.317. The van der Waals surface area contributed by atoms with E-state index in [0.717, 1.165) is 24.0 Å². The molecule has 1 unspecified atom stereocenters. The number of amides is 1. The number of nitrogens with two attached hydrogens (primary N) is 1. The number of pyridine rings is 2. The predicted molar refractivity (Wildman–Crippen MR) is 147 cm³/mol. The number of sulfonamides is 1. The summed E-state index contributed by atoms with van der Waals surface area (Å²) in [4.78, 5) is 24.2. The summed E-state index contributed by atoms with van der Waals surface area (Å²) < 4.78 is 28.1. The highest BCUT2D eigenvalue weighted by molar-refractivity contribution is 7.90. The van der Waals surface area contributed by atoms with Crippen LogP contribution < -0.4 is 15.4 Å². The standard InChI is InChI=1S/C28H35N5O3S/c1-18(2)13-20-9-11-21(12-10-20)22-14-23(26(30-16-22)33-17-19(3)15-28(33,4)5)27(34)32-37(35,36)25-8-6-7-24(29)31-25/h6-12,14,16,18-19H,13,15,17H2,1-5H3,(H2,29,31)(H,32,34). The van der Waals surface area contributed by atoms with Crippen molar-refractivity contribution in [3.05, 3.63) is 65.9 Å². The Labute approximate surface area is 219 Å². The molecule has 1 fully saturated rings. The minimum atomic E-state index is -4.24. The van der Waals surface area contributed by atoms with Crippen LogP contribution in [0, 0.1) is 11.8 Å². The van der Waals surface area contributed by atoms with E-state index in [1.54, 1.807) is 12.3 Å². The largest absolute Gasteiger partial charge is 0.384 e. The molecule has 3 aromatic rings. The minimum absolute atomic E-state index is 0.0494. The zero-order chi connectivity index (χ0) is 27.0. The molecule has 9 heteroatoms. The summed E-state index contributed by atoms with van der Waals surface area (Å²) in [7, 11) is -4.24. The SMILES string of the molecule is CC(C)Cc1ccc(-c2cnc(N3CC(C)CC3(C)C)c(C(=O)NS(=O)(=O)c3cccc(N)n3)c2)cc1. The van der Waals surface area contributed by atoms with Gasteiger partial charge < -0.3 is 10.6 Å². The lowest BCUT2D eigenvalue weighted by atomic mass is 9.97. The van der Waals surface area contributed by atoms with Gasteiger partial charge in [-0.3, -0.25) is 4.79 Å². The second kappa shape index (κ2) is 10.1. The number of carbonyl (C=O) groups is 1. The highest BCUT2D eigenvalue weighted by Gasteiger charge is 2.39. The van der Waals surface area contributed by atoms with E-state index in [4.69, 9.17) is 10.7 Å². The van der Waals surface area contributed by atoms with Crippen molar-refractivity contribution < 1.29 is 13.2 Å². The van der Waals surface area contributed by atoms with Crippen molar-refractivity contribution in [1.29, 1.82) is 0 Å². The maximum atomic E-state index is 13.5. The summed E-state index contributed by atoms with van der Waals surface area (Å²) in [6.07, 6.45) is 3.65. The van der Waals surface area contributed by atoms with Crippen LogP contribution in [-0.4, -0.2) is 36.4 Å². The monoisotopic (exact) mass is 521 g/mol. The molecule has 8 nitrogen and oxygen atoms in total. The van der Waals surface area contributed by atoms with Crippen molar-refractivity contribution in [1.82, 2.24) is 14.7 Å². The number of carbonyl (C=O) groups excluding carboxylic acids is 1. The van der Waals surface area contributed by atoms with Crippen LogP contribution in [0.25, 0.3) is 11.1 Å². The van der Waals surface area contributed by atoms with Gasteiger partial charge in [-0.15, -0.1) is 0 Å². The third kappa shape index (κ3) is 5.93. The van der Waals surface area contributed by atoms with Gasteiger partial charge in [-0.1, -0.05) is 51.1 Å². The number of nitrogens with zero attached hydrogens (tertiary/aromatic N) is 3. The molecule has 1 aliphatic rings. The number of hydrogen-bond donors (Lipinski definition) is 2. The first kappa shape index (κ1) is 26.6. The number of nitrogens with one attached hydrogen (secondary N) is 1. The van der Waals surface area contributed by atoms with Crippen molar-refractivity contribution >= 4 is 27.6 Å². The smallest absolute Gasteiger partial charge is 0.281 e. The fraction of sp³-hybridized carbons (Fsp3) is 0.393. The average molecular weight is 522 g/mol. The van der Waals surface area contributed by atoms with Gasteiger partial charge in [0, 0.05) is 23.8 Å². The topological polar surface area (TPSA) is 118 Å². The minimum Gasteiger partial charge on any atom is -0.384 e. The van der Waals surface area contributed by atoms with Gasteiger partial charge in [0.1, 0.15) is 11.6 Å². The lowest BCUT2D eigenvalue weighted by Crippen LogP contribution is -2.41. The van der Waals surface area contributed by atoms with Crippen LogP contribution in [0.15, 0.2) is 59.8 Å². The summed E-state index contributed by atoms with van der Waals surface area (Å²) in [5.74, 6) is 0.697. The lowest BCUT2D eigenvalue weighted by molar-refractivity contribution is 0.0981. The highest BCUT2D eigenvalue weighted by atomic mass is 32.2. The number of rotatable bonds is 7. The van der Waals surface area contributed by atoms with Crippen molar-refractivity contribution in [2.75, 3.05) is 17.2 Å². The second-order valence-corrected chi connectivity index (χ2v) is 12.6. The van der Waals surface area contributed by atoms with E-state index < -0.39 is 15.9 Å². The first-order valence-electron chi connectivity index (χ1n) is 12.5. The van der Waals surface area contributed by atoms with E-state index in [1.807, 2.05) is 12.1 Å². The Morgan fingerprint density at radius 3 is 2.46 bits per heavy atom. The average Bonchev–Trinajstić information content (AvgIpc) is 3.10. The Hall–Kier alpha value is -3.46. The highest BCUT2D eigenvalue weighted by Crippen LogP contribution is 2.38. The van der Waals surface area contributed by atoms with Crippen LogP contribution in [0.1, 0.15) is 57.0 Å². The van der Waals surface area contributed by atoms with Gasteiger partial charge in [0.05, 0.1) is 5.56 Å². The number of benzene rings is 1.